The summed E-state index contributed by atoms with van der Waals surface area (Å²) in [6.45, 7) is 0.608. The maximum atomic E-state index is 12.6. The second-order valence-corrected chi connectivity index (χ2v) is 8.66. The molecule has 1 aromatic carbocycles. The van der Waals surface area contributed by atoms with E-state index >= 15 is 0 Å². The van der Waals surface area contributed by atoms with Gasteiger partial charge in [-0.3, -0.25) is 0 Å². The first-order chi connectivity index (χ1) is 13.8. The molecule has 2 heterocycles. The lowest BCUT2D eigenvalue weighted by molar-refractivity contribution is -0.138. The fraction of sp³-hybridized carbons (Fsp3) is 0.389. The Morgan fingerprint density at radius 2 is 1.57 bits per heavy atom. The summed E-state index contributed by atoms with van der Waals surface area (Å²) in [4.78, 5) is 5.45. The number of aromatic nitrogens is 1. The molecule has 0 saturated carbocycles. The number of anilines is 1. The molecule has 1 unspecified atom stereocenters. The van der Waals surface area contributed by atoms with Crippen LogP contribution >= 0.6 is 0 Å². The van der Waals surface area contributed by atoms with Crippen LogP contribution in [0.15, 0.2) is 42.6 Å². The van der Waals surface area contributed by atoms with Crippen molar-refractivity contribution in [1.29, 1.82) is 0 Å². The van der Waals surface area contributed by atoms with Gasteiger partial charge in [-0.05, 0) is 36.2 Å². The average Bonchev–Trinajstić information content (AvgIpc) is 3.08. The van der Waals surface area contributed by atoms with Crippen molar-refractivity contribution in [1.82, 2.24) is 9.71 Å². The summed E-state index contributed by atoms with van der Waals surface area (Å²) in [6.07, 6.45) is -7.87. The zero-order chi connectivity index (χ0) is 22.2. The number of sulfonamides is 1. The monoisotopic (exact) mass is 453 g/mol. The largest absolute Gasteiger partial charge is 0.417 e. The van der Waals surface area contributed by atoms with Gasteiger partial charge in [-0.15, -0.1) is 0 Å². The Kier molecular flexibility index (Phi) is 6.01. The van der Waals surface area contributed by atoms with Crippen LogP contribution in [0, 0.1) is 0 Å². The third-order valence-corrected chi connectivity index (χ3v) is 5.98. The molecule has 0 aliphatic carbocycles. The van der Waals surface area contributed by atoms with Crippen molar-refractivity contribution < 1.29 is 34.8 Å². The standard InChI is InChI=1S/C18H17F6N3O2S/c19-17(20,21)13-3-1-12(2-4-13)11-30(28,29)26-15-7-8-27(10-15)16-6-5-14(9-25-16)18(22,23)24/h1-6,9,15,26H,7-8,10-11H2. The highest BCUT2D eigenvalue weighted by atomic mass is 32.2. The molecule has 0 radical (unpaired) electrons. The third kappa shape index (κ3) is 5.63. The molecule has 1 aliphatic rings. The van der Waals surface area contributed by atoms with E-state index in [2.05, 4.69) is 9.71 Å². The Labute approximate surface area is 168 Å². The molecule has 12 heteroatoms. The average molecular weight is 453 g/mol. The Morgan fingerprint density at radius 3 is 2.10 bits per heavy atom. The van der Waals surface area contributed by atoms with E-state index < -0.39 is 45.3 Å². The molecule has 164 valence electrons. The van der Waals surface area contributed by atoms with Gasteiger partial charge in [-0.25, -0.2) is 18.1 Å². The lowest BCUT2D eigenvalue weighted by Crippen LogP contribution is -2.37. The van der Waals surface area contributed by atoms with E-state index in [0.29, 0.717) is 18.8 Å². The number of rotatable bonds is 5. The van der Waals surface area contributed by atoms with Crippen LogP contribution < -0.4 is 9.62 Å². The van der Waals surface area contributed by atoms with Gasteiger partial charge < -0.3 is 4.90 Å². The Hall–Kier alpha value is -2.34. The number of nitrogens with one attached hydrogen (secondary N) is 1. The van der Waals surface area contributed by atoms with Crippen LogP contribution in [0.1, 0.15) is 23.1 Å². The predicted octanol–water partition coefficient (Wildman–Crippen LogP) is 3.82. The molecular weight excluding hydrogens is 436 g/mol. The van der Waals surface area contributed by atoms with Crippen molar-refractivity contribution in [3.8, 4) is 0 Å². The van der Waals surface area contributed by atoms with Crippen molar-refractivity contribution in [2.24, 2.45) is 0 Å². The molecule has 1 aromatic heterocycles. The van der Waals surface area contributed by atoms with E-state index in [-0.39, 0.29) is 12.1 Å². The van der Waals surface area contributed by atoms with Gasteiger partial charge in [0.1, 0.15) is 5.82 Å². The predicted molar refractivity (Wildman–Crippen MR) is 97.1 cm³/mol. The molecule has 0 spiro atoms. The molecule has 1 fully saturated rings. The summed E-state index contributed by atoms with van der Waals surface area (Å²) < 4.78 is 103. The fourth-order valence-corrected chi connectivity index (χ4v) is 4.53. The van der Waals surface area contributed by atoms with Gasteiger partial charge in [0.25, 0.3) is 0 Å². The van der Waals surface area contributed by atoms with E-state index in [1.165, 1.54) is 6.07 Å². The smallest absolute Gasteiger partial charge is 0.355 e. The Balaban J connectivity index is 1.59. The van der Waals surface area contributed by atoms with Crippen LogP contribution in [0.2, 0.25) is 0 Å². The first-order valence-electron chi connectivity index (χ1n) is 8.78. The van der Waals surface area contributed by atoms with E-state index in [4.69, 9.17) is 0 Å². The fourth-order valence-electron chi connectivity index (χ4n) is 3.11. The van der Waals surface area contributed by atoms with E-state index in [1.54, 1.807) is 4.90 Å². The van der Waals surface area contributed by atoms with Crippen LogP contribution in [0.25, 0.3) is 0 Å². The quantitative estimate of drug-likeness (QED) is 0.700. The van der Waals surface area contributed by atoms with Gasteiger partial charge in [0, 0.05) is 25.3 Å². The second-order valence-electron chi connectivity index (χ2n) is 6.91. The summed E-state index contributed by atoms with van der Waals surface area (Å²) in [5.74, 6) is -0.187. The minimum atomic E-state index is -4.50. The van der Waals surface area contributed by atoms with Gasteiger partial charge in [0.15, 0.2) is 0 Å². The maximum Gasteiger partial charge on any atom is 0.417 e. The number of hydrogen-bond acceptors (Lipinski definition) is 4. The van der Waals surface area contributed by atoms with Crippen molar-refractivity contribution >= 4 is 15.8 Å². The SMILES string of the molecule is O=S(=O)(Cc1ccc(C(F)(F)F)cc1)NC1CCN(c2ccc(C(F)(F)F)cn2)C1. The van der Waals surface area contributed by atoms with Gasteiger partial charge in [-0.1, -0.05) is 12.1 Å². The number of nitrogens with zero attached hydrogens (tertiary/aromatic N) is 2. The molecule has 1 N–H and O–H groups in total. The highest BCUT2D eigenvalue weighted by Gasteiger charge is 2.32. The molecule has 5 nitrogen and oxygen atoms in total. The lowest BCUT2D eigenvalue weighted by Gasteiger charge is -2.18. The Bertz CT molecular complexity index is 973. The lowest BCUT2D eigenvalue weighted by atomic mass is 10.1. The van der Waals surface area contributed by atoms with Crippen LogP contribution in [-0.4, -0.2) is 32.5 Å². The first-order valence-corrected chi connectivity index (χ1v) is 10.4. The molecule has 3 rings (SSSR count). The molecule has 1 atom stereocenters. The number of hydrogen-bond donors (Lipinski definition) is 1. The van der Waals surface area contributed by atoms with Crippen LogP contribution in [-0.2, 0) is 28.1 Å². The van der Waals surface area contributed by atoms with Crippen molar-refractivity contribution in [2.75, 3.05) is 18.0 Å². The van der Waals surface area contributed by atoms with Gasteiger partial charge in [0.2, 0.25) is 10.0 Å². The van der Waals surface area contributed by atoms with E-state index in [1.807, 2.05) is 0 Å². The zero-order valence-corrected chi connectivity index (χ0v) is 16.2. The molecular formula is C18H17F6N3O2S. The van der Waals surface area contributed by atoms with Crippen LogP contribution in [0.5, 0.6) is 0 Å². The van der Waals surface area contributed by atoms with Crippen molar-refractivity contribution in [3.05, 3.63) is 59.3 Å². The molecule has 1 saturated heterocycles. The summed E-state index contributed by atoms with van der Waals surface area (Å²) in [5.41, 5.74) is -1.54. The first kappa shape index (κ1) is 22.3. The van der Waals surface area contributed by atoms with Crippen LogP contribution in [0.4, 0.5) is 32.2 Å². The molecule has 1 aliphatic heterocycles. The summed E-state index contributed by atoms with van der Waals surface area (Å²) in [7, 11) is -3.83. The Morgan fingerprint density at radius 1 is 0.967 bits per heavy atom. The minimum absolute atomic E-state index is 0.203. The maximum absolute atomic E-state index is 12.6. The summed E-state index contributed by atoms with van der Waals surface area (Å²) in [5, 5.41) is 0. The second kappa shape index (κ2) is 8.06. The van der Waals surface area contributed by atoms with Gasteiger partial charge in [-0.2, -0.15) is 26.3 Å². The van der Waals surface area contributed by atoms with Gasteiger partial charge in [0.05, 0.1) is 16.9 Å². The van der Waals surface area contributed by atoms with Crippen molar-refractivity contribution in [2.45, 2.75) is 30.6 Å². The number of benzene rings is 1. The summed E-state index contributed by atoms with van der Waals surface area (Å²) in [6, 6.07) is 5.49. The number of pyridine rings is 1. The van der Waals surface area contributed by atoms with E-state index in [0.717, 1.165) is 36.5 Å². The minimum Gasteiger partial charge on any atom is -0.355 e. The highest BCUT2D eigenvalue weighted by molar-refractivity contribution is 7.88. The highest BCUT2D eigenvalue weighted by Crippen LogP contribution is 2.30. The molecule has 30 heavy (non-hydrogen) atoms. The zero-order valence-electron chi connectivity index (χ0n) is 15.3. The number of halogens is 6. The topological polar surface area (TPSA) is 62.3 Å². The van der Waals surface area contributed by atoms with Crippen molar-refractivity contribution in [3.63, 3.8) is 0 Å². The third-order valence-electron chi connectivity index (χ3n) is 4.57. The molecule has 2 aromatic rings. The van der Waals surface area contributed by atoms with Crippen LogP contribution in [0.3, 0.4) is 0 Å². The normalized spacial score (nSPS) is 18.1. The summed E-state index contributed by atoms with van der Waals surface area (Å²) >= 11 is 0. The van der Waals surface area contributed by atoms with E-state index in [9.17, 15) is 34.8 Å². The molecule has 0 bridgehead atoms. The number of alkyl halides is 6. The van der Waals surface area contributed by atoms with Gasteiger partial charge >= 0.3 is 12.4 Å². The molecule has 0 amide bonds.